The minimum absolute atomic E-state index is 0.164. The van der Waals surface area contributed by atoms with Gasteiger partial charge in [0.2, 0.25) is 5.91 Å². The molecule has 0 radical (unpaired) electrons. The zero-order valence-electron chi connectivity index (χ0n) is 21.0. The van der Waals surface area contributed by atoms with Crippen molar-refractivity contribution in [1.82, 2.24) is 14.8 Å². The summed E-state index contributed by atoms with van der Waals surface area (Å²) in [6, 6.07) is 8.39. The van der Waals surface area contributed by atoms with Crippen LogP contribution in [-0.4, -0.2) is 26.4 Å². The van der Waals surface area contributed by atoms with Crippen molar-refractivity contribution in [2.24, 2.45) is 5.92 Å². The fourth-order valence-electron chi connectivity index (χ4n) is 4.51. The number of hydrogen-bond donors (Lipinski definition) is 1. The van der Waals surface area contributed by atoms with Crippen LogP contribution in [0.5, 0.6) is 5.75 Å². The third kappa shape index (κ3) is 6.00. The summed E-state index contributed by atoms with van der Waals surface area (Å²) in [7, 11) is 0. The highest BCUT2D eigenvalue weighted by Crippen LogP contribution is 2.40. The number of thiophene rings is 1. The lowest BCUT2D eigenvalue weighted by Crippen LogP contribution is -2.15. The van der Waals surface area contributed by atoms with Gasteiger partial charge in [-0.1, -0.05) is 37.2 Å². The van der Waals surface area contributed by atoms with E-state index in [1.54, 1.807) is 17.4 Å². The average Bonchev–Trinajstić information content (AvgIpc) is 3.40. The summed E-state index contributed by atoms with van der Waals surface area (Å²) in [6.45, 7) is 10.9. The van der Waals surface area contributed by atoms with Gasteiger partial charge >= 0.3 is 0 Å². The number of carbonyl (C=O) groups excluding carboxylic acids is 1. The normalized spacial score (nSPS) is 14.7. The topological polar surface area (TPSA) is 92.8 Å². The molecule has 1 aliphatic rings. The summed E-state index contributed by atoms with van der Waals surface area (Å²) in [5.41, 5.74) is 4.02. The van der Waals surface area contributed by atoms with E-state index in [4.69, 9.17) is 4.74 Å². The summed E-state index contributed by atoms with van der Waals surface area (Å²) < 4.78 is 7.87. The minimum atomic E-state index is -0.164. The first-order chi connectivity index (χ1) is 17.4. The van der Waals surface area contributed by atoms with E-state index < -0.39 is 0 Å². The number of amides is 1. The minimum Gasteiger partial charge on any atom is -0.486 e. The van der Waals surface area contributed by atoms with E-state index in [0.717, 1.165) is 48.1 Å². The molecule has 1 amide bonds. The van der Waals surface area contributed by atoms with Crippen molar-refractivity contribution in [1.29, 1.82) is 5.26 Å². The Morgan fingerprint density at radius 2 is 2.14 bits per heavy atom. The summed E-state index contributed by atoms with van der Waals surface area (Å²) in [4.78, 5) is 14.0. The van der Waals surface area contributed by atoms with Crippen molar-refractivity contribution >= 4 is 34.0 Å². The molecule has 0 spiro atoms. The SMILES string of the molecule is C=CCn1c(COc2cc(C)cc(C)c2)nnc1SCC(=O)Nc1sc2c(c1C#N)CCC(CC)C2. The Hall–Kier alpha value is -3.09. The van der Waals surface area contributed by atoms with E-state index >= 15 is 0 Å². The Morgan fingerprint density at radius 1 is 1.36 bits per heavy atom. The lowest BCUT2D eigenvalue weighted by atomic mass is 9.86. The van der Waals surface area contributed by atoms with Gasteiger partial charge in [0, 0.05) is 11.4 Å². The average molecular weight is 522 g/mol. The van der Waals surface area contributed by atoms with Crippen molar-refractivity contribution in [3.8, 4) is 11.8 Å². The van der Waals surface area contributed by atoms with Crippen LogP contribution in [0.3, 0.4) is 0 Å². The molecule has 2 aromatic heterocycles. The maximum Gasteiger partial charge on any atom is 0.235 e. The highest BCUT2D eigenvalue weighted by atomic mass is 32.2. The molecule has 188 valence electrons. The van der Waals surface area contributed by atoms with Gasteiger partial charge in [0.1, 0.15) is 23.4 Å². The number of aromatic nitrogens is 3. The van der Waals surface area contributed by atoms with Crippen LogP contribution in [0, 0.1) is 31.1 Å². The molecule has 7 nitrogen and oxygen atoms in total. The van der Waals surface area contributed by atoms with Crippen molar-refractivity contribution in [3.63, 3.8) is 0 Å². The zero-order valence-corrected chi connectivity index (χ0v) is 22.6. The van der Waals surface area contributed by atoms with Crippen LogP contribution in [0.1, 0.15) is 52.7 Å². The quantitative estimate of drug-likeness (QED) is 0.266. The molecule has 36 heavy (non-hydrogen) atoms. The number of benzene rings is 1. The molecule has 1 unspecified atom stereocenters. The molecule has 1 aromatic carbocycles. The summed E-state index contributed by atoms with van der Waals surface area (Å²) in [5.74, 6) is 2.11. The summed E-state index contributed by atoms with van der Waals surface area (Å²) >= 11 is 2.86. The highest BCUT2D eigenvalue weighted by Gasteiger charge is 2.26. The van der Waals surface area contributed by atoms with Crippen molar-refractivity contribution in [2.45, 2.75) is 64.8 Å². The molecule has 1 aliphatic carbocycles. The fourth-order valence-corrected chi connectivity index (χ4v) is 6.61. The maximum absolute atomic E-state index is 12.8. The fraction of sp³-hybridized carbons (Fsp3) is 0.407. The first-order valence-electron chi connectivity index (χ1n) is 12.1. The van der Waals surface area contributed by atoms with Crippen LogP contribution in [0.4, 0.5) is 5.00 Å². The molecule has 3 aromatic rings. The maximum atomic E-state index is 12.8. The third-order valence-corrected chi connectivity index (χ3v) is 8.45. The molecule has 0 aliphatic heterocycles. The smallest absolute Gasteiger partial charge is 0.235 e. The number of rotatable bonds is 10. The number of nitrogens with one attached hydrogen (secondary N) is 1. The van der Waals surface area contributed by atoms with Gasteiger partial charge < -0.3 is 10.1 Å². The van der Waals surface area contributed by atoms with Crippen molar-refractivity contribution in [2.75, 3.05) is 11.1 Å². The number of hydrogen-bond acceptors (Lipinski definition) is 7. The first kappa shape index (κ1) is 26.0. The molecule has 0 fully saturated rings. The van der Waals surface area contributed by atoms with E-state index in [1.807, 2.05) is 30.5 Å². The molecular weight excluding hydrogens is 490 g/mol. The van der Waals surface area contributed by atoms with E-state index in [9.17, 15) is 10.1 Å². The molecule has 1 atom stereocenters. The predicted molar refractivity (Wildman–Crippen MR) is 145 cm³/mol. The predicted octanol–water partition coefficient (Wildman–Crippen LogP) is 5.84. The second-order valence-corrected chi connectivity index (χ2v) is 11.1. The standard InChI is InChI=1S/C27H31N5O2S2/c1-5-9-32-24(15-34-20-11-17(3)10-18(4)12-20)30-31-27(32)35-16-25(33)29-26-22(14-28)21-8-7-19(6-2)13-23(21)36-26/h5,10-12,19H,1,6-9,13,15-16H2,2-4H3,(H,29,33). The van der Waals surface area contributed by atoms with E-state index in [0.29, 0.717) is 34.0 Å². The van der Waals surface area contributed by atoms with E-state index in [1.165, 1.54) is 16.6 Å². The van der Waals surface area contributed by atoms with Gasteiger partial charge in [-0.2, -0.15) is 5.26 Å². The third-order valence-electron chi connectivity index (χ3n) is 6.31. The number of fused-ring (bicyclic) bond motifs is 1. The number of carbonyl (C=O) groups is 1. The lowest BCUT2D eigenvalue weighted by Gasteiger charge is -2.20. The van der Waals surface area contributed by atoms with Gasteiger partial charge in [-0.25, -0.2) is 0 Å². The van der Waals surface area contributed by atoms with Crippen LogP contribution < -0.4 is 10.1 Å². The zero-order chi connectivity index (χ0) is 25.7. The van der Waals surface area contributed by atoms with E-state index in [-0.39, 0.29) is 18.3 Å². The van der Waals surface area contributed by atoms with Gasteiger partial charge in [-0.3, -0.25) is 9.36 Å². The van der Waals surface area contributed by atoms with Crippen molar-refractivity contribution < 1.29 is 9.53 Å². The Kier molecular flexibility index (Phi) is 8.49. The largest absolute Gasteiger partial charge is 0.486 e. The Bertz CT molecular complexity index is 1280. The number of nitrogens with zero attached hydrogens (tertiary/aromatic N) is 4. The van der Waals surface area contributed by atoms with Gasteiger partial charge in [0.15, 0.2) is 11.0 Å². The van der Waals surface area contributed by atoms with Gasteiger partial charge in [-0.05, 0) is 67.9 Å². The second-order valence-electron chi connectivity index (χ2n) is 9.08. The highest BCUT2D eigenvalue weighted by molar-refractivity contribution is 7.99. The van der Waals surface area contributed by atoms with Crippen LogP contribution in [-0.2, 0) is 30.8 Å². The van der Waals surface area contributed by atoms with Crippen molar-refractivity contribution in [3.05, 3.63) is 63.8 Å². The number of aryl methyl sites for hydroxylation is 2. The Morgan fingerprint density at radius 3 is 2.83 bits per heavy atom. The molecule has 4 rings (SSSR count). The molecule has 9 heteroatoms. The Labute approximate surface area is 220 Å². The van der Waals surface area contributed by atoms with Crippen LogP contribution in [0.25, 0.3) is 0 Å². The molecule has 0 bridgehead atoms. The molecular formula is C27H31N5O2S2. The monoisotopic (exact) mass is 521 g/mol. The summed E-state index contributed by atoms with van der Waals surface area (Å²) in [5, 5.41) is 22.6. The molecule has 0 saturated heterocycles. The number of ether oxygens (including phenoxy) is 1. The molecule has 0 saturated carbocycles. The van der Waals surface area contributed by atoms with Crippen LogP contribution >= 0.6 is 23.1 Å². The van der Waals surface area contributed by atoms with E-state index in [2.05, 4.69) is 41.2 Å². The summed E-state index contributed by atoms with van der Waals surface area (Å²) in [6.07, 6.45) is 5.92. The van der Waals surface area contributed by atoms with Crippen LogP contribution in [0.15, 0.2) is 36.0 Å². The molecule has 1 N–H and O–H groups in total. The number of thioether (sulfide) groups is 1. The Balaban J connectivity index is 1.40. The number of anilines is 1. The first-order valence-corrected chi connectivity index (χ1v) is 13.9. The van der Waals surface area contributed by atoms with Gasteiger partial charge in [0.05, 0.1) is 11.3 Å². The van der Waals surface area contributed by atoms with Gasteiger partial charge in [0.25, 0.3) is 0 Å². The number of allylic oxidation sites excluding steroid dienone is 1. The lowest BCUT2D eigenvalue weighted by molar-refractivity contribution is -0.113. The van der Waals surface area contributed by atoms with Crippen LogP contribution in [0.2, 0.25) is 0 Å². The van der Waals surface area contributed by atoms with Gasteiger partial charge in [-0.15, -0.1) is 28.1 Å². The number of nitriles is 1. The molecule has 2 heterocycles. The second kappa shape index (κ2) is 11.8.